The van der Waals surface area contributed by atoms with Gasteiger partial charge in [-0.15, -0.1) is 0 Å². The number of aliphatic imine (C=N–C) groups is 1. The summed E-state index contributed by atoms with van der Waals surface area (Å²) >= 11 is 0. The number of ether oxygens (including phenoxy) is 2. The van der Waals surface area contributed by atoms with Crippen LogP contribution in [0.4, 0.5) is 14.5 Å². The van der Waals surface area contributed by atoms with Gasteiger partial charge in [0.2, 0.25) is 0 Å². The number of benzene rings is 1. The van der Waals surface area contributed by atoms with Crippen molar-refractivity contribution in [3.63, 3.8) is 0 Å². The molecule has 2 aliphatic rings. The van der Waals surface area contributed by atoms with Gasteiger partial charge in [0.05, 0.1) is 6.10 Å². The van der Waals surface area contributed by atoms with E-state index >= 15 is 0 Å². The summed E-state index contributed by atoms with van der Waals surface area (Å²) in [5.41, 5.74) is 0.0556. The maximum Gasteiger partial charge on any atom is 0.191 e. The highest BCUT2D eigenvalue weighted by Crippen LogP contribution is 2.26. The van der Waals surface area contributed by atoms with E-state index in [1.165, 1.54) is 18.2 Å². The highest BCUT2D eigenvalue weighted by atomic mass is 19.1. The van der Waals surface area contributed by atoms with Gasteiger partial charge in [-0.25, -0.2) is 8.78 Å². The van der Waals surface area contributed by atoms with Crippen LogP contribution in [0, 0.1) is 11.6 Å². The Bertz CT molecular complexity index is 633. The molecule has 2 fully saturated rings. The first-order valence-electron chi connectivity index (χ1n) is 10.0. The number of hydrogen-bond donors (Lipinski definition) is 2. The second-order valence-corrected chi connectivity index (χ2v) is 7.18. The molecule has 28 heavy (non-hydrogen) atoms. The lowest BCUT2D eigenvalue weighted by molar-refractivity contribution is -0.0320. The lowest BCUT2D eigenvalue weighted by Gasteiger charge is -2.23. The fourth-order valence-corrected chi connectivity index (χ4v) is 3.63. The molecular formula is C20H30F2N4O2. The summed E-state index contributed by atoms with van der Waals surface area (Å²) < 4.78 is 39.1. The number of nitrogens with one attached hydrogen (secondary N) is 2. The third-order valence-corrected chi connectivity index (χ3v) is 5.14. The van der Waals surface area contributed by atoms with Crippen molar-refractivity contribution in [2.75, 3.05) is 51.4 Å². The molecule has 2 N–H and O–H groups in total. The Kier molecular flexibility index (Phi) is 7.85. The number of hydrogen-bond acceptors (Lipinski definition) is 4. The SMILES string of the molecule is CN=C(NCCCOC1CCOCC1)NC1CCN(c2c(F)cccc2F)C1. The van der Waals surface area contributed by atoms with Crippen LogP contribution in [0.1, 0.15) is 25.7 Å². The summed E-state index contributed by atoms with van der Waals surface area (Å²) in [7, 11) is 1.72. The van der Waals surface area contributed by atoms with Crippen molar-refractivity contribution in [3.05, 3.63) is 29.8 Å². The van der Waals surface area contributed by atoms with Gasteiger partial charge in [0, 0.05) is 52.5 Å². The summed E-state index contributed by atoms with van der Waals surface area (Å²) in [5.74, 6) is -0.340. The lowest BCUT2D eigenvalue weighted by Crippen LogP contribution is -2.45. The van der Waals surface area contributed by atoms with Crippen molar-refractivity contribution < 1.29 is 18.3 Å². The van der Waals surface area contributed by atoms with Gasteiger partial charge < -0.3 is 25.0 Å². The Balaban J connectivity index is 1.37. The van der Waals surface area contributed by atoms with Crippen molar-refractivity contribution >= 4 is 11.6 Å². The summed E-state index contributed by atoms with van der Waals surface area (Å²) in [4.78, 5) is 5.99. The molecule has 156 valence electrons. The second-order valence-electron chi connectivity index (χ2n) is 7.18. The molecule has 2 heterocycles. The average molecular weight is 396 g/mol. The normalized spacial score (nSPS) is 21.2. The highest BCUT2D eigenvalue weighted by molar-refractivity contribution is 5.80. The number of rotatable bonds is 7. The minimum absolute atomic E-state index is 0.0556. The Morgan fingerprint density at radius 1 is 1.25 bits per heavy atom. The maximum atomic E-state index is 14.0. The van der Waals surface area contributed by atoms with Crippen molar-refractivity contribution in [1.82, 2.24) is 10.6 Å². The number of para-hydroxylation sites is 1. The minimum atomic E-state index is -0.521. The fraction of sp³-hybridized carbons (Fsp3) is 0.650. The minimum Gasteiger partial charge on any atom is -0.381 e. The molecule has 0 bridgehead atoms. The van der Waals surface area contributed by atoms with Crippen LogP contribution < -0.4 is 15.5 Å². The molecule has 0 spiro atoms. The zero-order valence-electron chi connectivity index (χ0n) is 16.4. The first-order valence-corrected chi connectivity index (χ1v) is 10.0. The van der Waals surface area contributed by atoms with Gasteiger partial charge in [-0.3, -0.25) is 4.99 Å². The molecule has 0 saturated carbocycles. The summed E-state index contributed by atoms with van der Waals surface area (Å²) in [6.45, 7) is 4.17. The van der Waals surface area contributed by atoms with Gasteiger partial charge in [0.25, 0.3) is 0 Å². The predicted molar refractivity (Wildman–Crippen MR) is 106 cm³/mol. The van der Waals surface area contributed by atoms with Crippen LogP contribution in [-0.4, -0.2) is 64.6 Å². The van der Waals surface area contributed by atoms with Gasteiger partial charge in [-0.05, 0) is 37.8 Å². The molecule has 1 unspecified atom stereocenters. The van der Waals surface area contributed by atoms with E-state index in [1.54, 1.807) is 11.9 Å². The van der Waals surface area contributed by atoms with Crippen LogP contribution in [0.3, 0.4) is 0 Å². The quantitative estimate of drug-likeness (QED) is 0.421. The molecule has 0 aromatic heterocycles. The Hall–Kier alpha value is -1.93. The smallest absolute Gasteiger partial charge is 0.191 e. The summed E-state index contributed by atoms with van der Waals surface area (Å²) in [6.07, 6.45) is 3.93. The zero-order chi connectivity index (χ0) is 19.8. The number of halogens is 2. The van der Waals surface area contributed by atoms with E-state index in [-0.39, 0.29) is 11.7 Å². The molecule has 3 rings (SSSR count). The molecule has 0 radical (unpaired) electrons. The number of guanidine groups is 1. The predicted octanol–water partition coefficient (Wildman–Crippen LogP) is 2.29. The molecule has 8 heteroatoms. The first kappa shape index (κ1) is 20.8. The molecule has 6 nitrogen and oxygen atoms in total. The largest absolute Gasteiger partial charge is 0.381 e. The lowest BCUT2D eigenvalue weighted by atomic mass is 10.1. The zero-order valence-corrected chi connectivity index (χ0v) is 16.4. The summed E-state index contributed by atoms with van der Waals surface area (Å²) in [6, 6.07) is 4.06. The number of nitrogens with zero attached hydrogens (tertiary/aromatic N) is 2. The second kappa shape index (κ2) is 10.6. The van der Waals surface area contributed by atoms with Crippen LogP contribution in [0.15, 0.2) is 23.2 Å². The van der Waals surface area contributed by atoms with Gasteiger partial charge in [0.1, 0.15) is 17.3 Å². The standard InChI is InChI=1S/C20H30F2N4O2/c1-23-20(24-9-3-11-28-16-7-12-27-13-8-16)25-15-6-10-26(14-15)19-17(21)4-2-5-18(19)22/h2,4-5,15-16H,3,6-14H2,1H3,(H2,23,24,25). The van der Waals surface area contributed by atoms with Crippen molar-refractivity contribution in [2.24, 2.45) is 4.99 Å². The van der Waals surface area contributed by atoms with E-state index in [0.717, 1.165) is 45.4 Å². The third-order valence-electron chi connectivity index (χ3n) is 5.14. The number of anilines is 1. The van der Waals surface area contributed by atoms with Crippen LogP contribution in [0.5, 0.6) is 0 Å². The van der Waals surface area contributed by atoms with Crippen LogP contribution in [0.2, 0.25) is 0 Å². The highest BCUT2D eigenvalue weighted by Gasteiger charge is 2.27. The third kappa shape index (κ3) is 5.78. The Morgan fingerprint density at radius 3 is 2.71 bits per heavy atom. The summed E-state index contributed by atoms with van der Waals surface area (Å²) in [5, 5.41) is 6.62. The maximum absolute atomic E-state index is 14.0. The van der Waals surface area contributed by atoms with Crippen molar-refractivity contribution in [2.45, 2.75) is 37.8 Å². The van der Waals surface area contributed by atoms with E-state index < -0.39 is 11.6 Å². The van der Waals surface area contributed by atoms with Gasteiger partial charge in [0.15, 0.2) is 5.96 Å². The fourth-order valence-electron chi connectivity index (χ4n) is 3.63. The Morgan fingerprint density at radius 2 is 2.00 bits per heavy atom. The molecule has 2 aliphatic heterocycles. The van der Waals surface area contributed by atoms with Crippen molar-refractivity contribution in [1.29, 1.82) is 0 Å². The van der Waals surface area contributed by atoms with E-state index in [1.807, 2.05) is 0 Å². The Labute approximate surface area is 165 Å². The van der Waals surface area contributed by atoms with E-state index in [4.69, 9.17) is 9.47 Å². The monoisotopic (exact) mass is 396 g/mol. The molecular weight excluding hydrogens is 366 g/mol. The van der Waals surface area contributed by atoms with E-state index in [0.29, 0.717) is 31.8 Å². The van der Waals surface area contributed by atoms with Gasteiger partial charge in [-0.2, -0.15) is 0 Å². The molecule has 2 saturated heterocycles. The molecule has 1 aromatic rings. The van der Waals surface area contributed by atoms with Crippen LogP contribution >= 0.6 is 0 Å². The van der Waals surface area contributed by atoms with Crippen LogP contribution in [-0.2, 0) is 9.47 Å². The van der Waals surface area contributed by atoms with E-state index in [9.17, 15) is 8.78 Å². The molecule has 1 atom stereocenters. The molecule has 0 aliphatic carbocycles. The van der Waals surface area contributed by atoms with Gasteiger partial charge >= 0.3 is 0 Å². The molecule has 1 aromatic carbocycles. The first-order chi connectivity index (χ1) is 13.7. The topological polar surface area (TPSA) is 58.1 Å². The average Bonchev–Trinajstić information content (AvgIpc) is 3.15. The van der Waals surface area contributed by atoms with Gasteiger partial charge in [-0.1, -0.05) is 6.07 Å². The molecule has 0 amide bonds. The van der Waals surface area contributed by atoms with Crippen molar-refractivity contribution in [3.8, 4) is 0 Å². The van der Waals surface area contributed by atoms with E-state index in [2.05, 4.69) is 15.6 Å². The van der Waals surface area contributed by atoms with Crippen LogP contribution in [0.25, 0.3) is 0 Å².